The van der Waals surface area contributed by atoms with Crippen LogP contribution in [0.15, 0.2) is 12.1 Å². The molecule has 11 heavy (non-hydrogen) atoms. The van der Waals surface area contributed by atoms with Crippen LogP contribution >= 0.6 is 12.2 Å². The van der Waals surface area contributed by atoms with Gasteiger partial charge in [0.2, 0.25) is 0 Å². The van der Waals surface area contributed by atoms with E-state index < -0.39 is 0 Å². The van der Waals surface area contributed by atoms with Crippen LogP contribution in [0.25, 0.3) is 0 Å². The zero-order valence-electron chi connectivity index (χ0n) is 6.59. The average molecular weight is 166 g/mol. The third-order valence-electron chi connectivity index (χ3n) is 1.70. The van der Waals surface area contributed by atoms with Crippen LogP contribution < -0.4 is 0 Å². The van der Waals surface area contributed by atoms with Gasteiger partial charge in [-0.05, 0) is 42.7 Å². The summed E-state index contributed by atoms with van der Waals surface area (Å²) in [7, 11) is 0. The lowest BCUT2D eigenvalue weighted by Crippen LogP contribution is -1.89. The van der Waals surface area contributed by atoms with Crippen molar-refractivity contribution in [3.63, 3.8) is 0 Å². The van der Waals surface area contributed by atoms with Crippen molar-refractivity contribution in [2.45, 2.75) is 13.8 Å². The lowest BCUT2D eigenvalue weighted by Gasteiger charge is -2.04. The fourth-order valence-electron chi connectivity index (χ4n) is 1.14. The predicted octanol–water partition coefficient (Wildman–Crippen LogP) is 2.36. The molecule has 0 spiro atoms. The van der Waals surface area contributed by atoms with Crippen molar-refractivity contribution in [1.82, 2.24) is 0 Å². The third-order valence-corrected chi connectivity index (χ3v) is 1.93. The maximum absolute atomic E-state index is 9.17. The second kappa shape index (κ2) is 3.01. The fraction of sp³-hybridized carbons (Fsp3) is 0.222. The molecule has 0 aliphatic rings. The number of rotatable bonds is 1. The Kier molecular flexibility index (Phi) is 2.25. The Morgan fingerprint density at radius 1 is 1.27 bits per heavy atom. The van der Waals surface area contributed by atoms with Gasteiger partial charge in [-0.25, -0.2) is 0 Å². The van der Waals surface area contributed by atoms with Gasteiger partial charge in [0, 0.05) is 5.37 Å². The van der Waals surface area contributed by atoms with E-state index in [9.17, 15) is 0 Å². The van der Waals surface area contributed by atoms with Crippen LogP contribution in [0.4, 0.5) is 0 Å². The zero-order chi connectivity index (χ0) is 8.43. The fourth-order valence-corrected chi connectivity index (χ4v) is 1.51. The van der Waals surface area contributed by atoms with E-state index in [1.165, 1.54) is 0 Å². The molecule has 58 valence electrons. The summed E-state index contributed by atoms with van der Waals surface area (Å²) in [4.78, 5) is 0. The summed E-state index contributed by atoms with van der Waals surface area (Å²) in [5, 5.41) is 10.8. The number of hydrogen-bond donors (Lipinski definition) is 1. The van der Waals surface area contributed by atoms with Crippen LogP contribution in [0.5, 0.6) is 5.75 Å². The van der Waals surface area contributed by atoms with E-state index in [1.54, 1.807) is 17.5 Å². The molecule has 0 amide bonds. The van der Waals surface area contributed by atoms with Gasteiger partial charge in [0.15, 0.2) is 0 Å². The average Bonchev–Trinajstić information content (AvgIpc) is 1.85. The highest BCUT2D eigenvalue weighted by atomic mass is 32.1. The second-order valence-electron chi connectivity index (χ2n) is 2.61. The van der Waals surface area contributed by atoms with Crippen molar-refractivity contribution in [1.29, 1.82) is 0 Å². The molecule has 0 aliphatic heterocycles. The summed E-state index contributed by atoms with van der Waals surface area (Å²) in [5.41, 5.74) is 3.09. The Balaban J connectivity index is 3.36. The van der Waals surface area contributed by atoms with Crippen LogP contribution in [0, 0.1) is 13.8 Å². The maximum Gasteiger partial charge on any atom is 0.116 e. The smallest absolute Gasteiger partial charge is 0.116 e. The first-order valence-corrected chi connectivity index (χ1v) is 3.87. The predicted molar refractivity (Wildman–Crippen MR) is 50.3 cm³/mol. The molecule has 1 N–H and O–H groups in total. The van der Waals surface area contributed by atoms with E-state index >= 15 is 0 Å². The molecule has 1 aromatic rings. The number of phenolic OH excluding ortho intramolecular Hbond substituents is 1. The molecule has 0 atom stereocenters. The SMILES string of the molecule is Cc1cc(O)cc(C)c1C=S. The van der Waals surface area contributed by atoms with Crippen molar-refractivity contribution in [3.8, 4) is 5.75 Å². The molecule has 0 saturated heterocycles. The molecular weight excluding hydrogens is 156 g/mol. The molecule has 0 saturated carbocycles. The number of thiocarbonyl (C=S) groups is 1. The normalized spacial score (nSPS) is 9.64. The first-order chi connectivity index (χ1) is 5.15. The van der Waals surface area contributed by atoms with E-state index in [2.05, 4.69) is 0 Å². The molecule has 1 rings (SSSR count). The largest absolute Gasteiger partial charge is 0.508 e. The van der Waals surface area contributed by atoms with Crippen molar-refractivity contribution >= 4 is 17.6 Å². The quantitative estimate of drug-likeness (QED) is 0.646. The lowest BCUT2D eigenvalue weighted by molar-refractivity contribution is 0.474. The number of aryl methyl sites for hydroxylation is 2. The van der Waals surface area contributed by atoms with Crippen LogP contribution in [0.3, 0.4) is 0 Å². The number of aromatic hydroxyl groups is 1. The summed E-state index contributed by atoms with van der Waals surface area (Å²) in [6, 6.07) is 3.43. The molecule has 2 heteroatoms. The monoisotopic (exact) mass is 166 g/mol. The molecule has 0 bridgehead atoms. The van der Waals surface area contributed by atoms with Gasteiger partial charge in [0.1, 0.15) is 5.75 Å². The second-order valence-corrected chi connectivity index (χ2v) is 2.85. The molecular formula is C9H10OS. The van der Waals surface area contributed by atoms with Crippen molar-refractivity contribution in [2.24, 2.45) is 0 Å². The van der Waals surface area contributed by atoms with Crippen LogP contribution in [-0.4, -0.2) is 10.5 Å². The molecule has 0 heterocycles. The highest BCUT2D eigenvalue weighted by Gasteiger charge is 2.00. The molecule has 0 radical (unpaired) electrons. The lowest BCUT2D eigenvalue weighted by atomic mass is 10.0. The number of phenols is 1. The van der Waals surface area contributed by atoms with Crippen molar-refractivity contribution in [2.75, 3.05) is 0 Å². The number of benzene rings is 1. The Bertz CT molecular complexity index is 269. The van der Waals surface area contributed by atoms with E-state index in [0.29, 0.717) is 5.75 Å². The van der Waals surface area contributed by atoms with Crippen LogP contribution in [0.1, 0.15) is 16.7 Å². The van der Waals surface area contributed by atoms with Gasteiger partial charge in [0.05, 0.1) is 0 Å². The van der Waals surface area contributed by atoms with Crippen molar-refractivity contribution in [3.05, 3.63) is 28.8 Å². The van der Waals surface area contributed by atoms with Gasteiger partial charge in [0.25, 0.3) is 0 Å². The summed E-state index contributed by atoms with van der Waals surface area (Å²) in [6.45, 7) is 3.87. The summed E-state index contributed by atoms with van der Waals surface area (Å²) >= 11 is 4.83. The summed E-state index contributed by atoms with van der Waals surface area (Å²) in [5.74, 6) is 0.306. The molecule has 1 aromatic carbocycles. The molecule has 0 fully saturated rings. The van der Waals surface area contributed by atoms with Gasteiger partial charge in [-0.2, -0.15) is 0 Å². The molecule has 0 aromatic heterocycles. The Hall–Kier alpha value is -0.890. The minimum absolute atomic E-state index is 0.306. The molecule has 0 aliphatic carbocycles. The minimum Gasteiger partial charge on any atom is -0.508 e. The van der Waals surface area contributed by atoms with Gasteiger partial charge >= 0.3 is 0 Å². The van der Waals surface area contributed by atoms with Gasteiger partial charge in [-0.15, -0.1) is 0 Å². The standard InChI is InChI=1S/C9H10OS/c1-6-3-8(10)4-7(2)9(6)5-11/h3-5,10H,1-2H3. The molecule has 1 nitrogen and oxygen atoms in total. The topological polar surface area (TPSA) is 20.2 Å². The van der Waals surface area contributed by atoms with Crippen molar-refractivity contribution < 1.29 is 5.11 Å². The first-order valence-electron chi connectivity index (χ1n) is 3.40. The van der Waals surface area contributed by atoms with E-state index in [1.807, 2.05) is 13.8 Å². The Morgan fingerprint density at radius 3 is 2.09 bits per heavy atom. The van der Waals surface area contributed by atoms with Gasteiger partial charge in [-0.1, -0.05) is 12.2 Å². The molecule has 0 unspecified atom stereocenters. The summed E-state index contributed by atoms with van der Waals surface area (Å²) in [6.07, 6.45) is 0. The van der Waals surface area contributed by atoms with Gasteiger partial charge in [-0.3, -0.25) is 0 Å². The maximum atomic E-state index is 9.17. The number of hydrogen-bond acceptors (Lipinski definition) is 2. The highest BCUT2D eigenvalue weighted by Crippen LogP contribution is 2.18. The first kappa shape index (κ1) is 8.21. The third kappa shape index (κ3) is 1.57. The highest BCUT2D eigenvalue weighted by molar-refractivity contribution is 7.79. The minimum atomic E-state index is 0.306. The Labute approximate surface area is 71.7 Å². The van der Waals surface area contributed by atoms with Gasteiger partial charge < -0.3 is 5.11 Å². The summed E-state index contributed by atoms with van der Waals surface area (Å²) < 4.78 is 0. The van der Waals surface area contributed by atoms with E-state index in [4.69, 9.17) is 17.3 Å². The van der Waals surface area contributed by atoms with Crippen LogP contribution in [-0.2, 0) is 0 Å². The van der Waals surface area contributed by atoms with E-state index in [-0.39, 0.29) is 0 Å². The van der Waals surface area contributed by atoms with E-state index in [0.717, 1.165) is 16.7 Å². The zero-order valence-corrected chi connectivity index (χ0v) is 7.40. The Morgan fingerprint density at radius 2 is 1.73 bits per heavy atom. The van der Waals surface area contributed by atoms with Crippen LogP contribution in [0.2, 0.25) is 0 Å².